The van der Waals surface area contributed by atoms with Gasteiger partial charge in [-0.3, -0.25) is 0 Å². The zero-order chi connectivity index (χ0) is 13.6. The average Bonchev–Trinajstić information content (AvgIpc) is 2.38. The molecule has 6 nitrogen and oxygen atoms in total. The summed E-state index contributed by atoms with van der Waals surface area (Å²) in [5.41, 5.74) is 6.23. The molecule has 1 heterocycles. The van der Waals surface area contributed by atoms with Gasteiger partial charge in [0.1, 0.15) is 0 Å². The Balaban J connectivity index is 2.62. The minimum absolute atomic E-state index is 0.0267. The Morgan fingerprint density at radius 3 is 2.67 bits per heavy atom. The second kappa shape index (κ2) is 6.79. The van der Waals surface area contributed by atoms with E-state index in [1.807, 2.05) is 18.9 Å². The molecule has 1 aromatic heterocycles. The van der Waals surface area contributed by atoms with Crippen molar-refractivity contribution in [2.24, 2.45) is 5.73 Å². The van der Waals surface area contributed by atoms with Crippen LogP contribution in [-0.2, 0) is 16.6 Å². The van der Waals surface area contributed by atoms with Crippen LogP contribution in [0.3, 0.4) is 0 Å². The first-order valence-electron chi connectivity index (χ1n) is 5.82. The number of nitrogens with two attached hydrogens (primary N) is 1. The molecule has 3 N–H and O–H groups in total. The van der Waals surface area contributed by atoms with Gasteiger partial charge in [-0.25, -0.2) is 18.1 Å². The first kappa shape index (κ1) is 15.0. The third-order valence-electron chi connectivity index (χ3n) is 2.63. The van der Waals surface area contributed by atoms with Crippen LogP contribution in [0, 0.1) is 0 Å². The van der Waals surface area contributed by atoms with Crippen LogP contribution in [-0.4, -0.2) is 45.0 Å². The molecule has 0 atom stereocenters. The number of nitrogens with zero attached hydrogens (tertiary/aromatic N) is 2. The molecule has 0 aromatic carbocycles. The van der Waals surface area contributed by atoms with Crippen molar-refractivity contribution in [3.8, 4) is 0 Å². The molecule has 0 saturated carbocycles. The van der Waals surface area contributed by atoms with Crippen LogP contribution in [0.1, 0.15) is 12.5 Å². The molecular formula is C11H20N4O2S. The Bertz CT molecular complexity index is 458. The summed E-state index contributed by atoms with van der Waals surface area (Å²) in [6, 6.07) is 3.13. The molecule has 1 aromatic rings. The van der Waals surface area contributed by atoms with E-state index >= 15 is 0 Å². The molecule has 0 spiro atoms. The van der Waals surface area contributed by atoms with Gasteiger partial charge in [-0.15, -0.1) is 0 Å². The molecule has 0 fully saturated rings. The van der Waals surface area contributed by atoms with Gasteiger partial charge in [0.2, 0.25) is 0 Å². The maximum absolute atomic E-state index is 11.9. The Labute approximate surface area is 108 Å². The molecule has 0 amide bonds. The number of nitrogens with one attached hydrogen (secondary N) is 1. The summed E-state index contributed by atoms with van der Waals surface area (Å²) in [7, 11) is -1.58. The maximum Gasteiger partial charge on any atom is 0.258 e. The number of hydrogen-bond acceptors (Lipinski definition) is 5. The molecule has 18 heavy (non-hydrogen) atoms. The lowest BCUT2D eigenvalue weighted by Gasteiger charge is -2.13. The first-order valence-corrected chi connectivity index (χ1v) is 7.31. The third kappa shape index (κ3) is 4.34. The highest BCUT2D eigenvalue weighted by Crippen LogP contribution is 2.05. The van der Waals surface area contributed by atoms with Gasteiger partial charge in [0, 0.05) is 25.8 Å². The Kier molecular flexibility index (Phi) is 5.67. The zero-order valence-electron chi connectivity index (χ0n) is 10.8. The van der Waals surface area contributed by atoms with Crippen LogP contribution in [0.5, 0.6) is 0 Å². The molecule has 0 aliphatic carbocycles. The molecule has 102 valence electrons. The van der Waals surface area contributed by atoms with Crippen molar-refractivity contribution in [2.75, 3.05) is 26.7 Å². The molecule has 0 radical (unpaired) electrons. The van der Waals surface area contributed by atoms with E-state index in [1.165, 1.54) is 12.3 Å². The van der Waals surface area contributed by atoms with Gasteiger partial charge >= 0.3 is 0 Å². The van der Waals surface area contributed by atoms with Gasteiger partial charge in [0.15, 0.2) is 5.03 Å². The van der Waals surface area contributed by atoms with Crippen LogP contribution in [0.25, 0.3) is 0 Å². The summed E-state index contributed by atoms with van der Waals surface area (Å²) in [6.07, 6.45) is 1.48. The van der Waals surface area contributed by atoms with Crippen molar-refractivity contribution in [1.82, 2.24) is 14.6 Å². The molecule has 0 aliphatic rings. The molecule has 1 rings (SSSR count). The molecule has 0 saturated heterocycles. The largest absolute Gasteiger partial charge is 0.326 e. The molecule has 0 unspecified atom stereocenters. The maximum atomic E-state index is 11.9. The summed E-state index contributed by atoms with van der Waals surface area (Å²) in [5.74, 6) is 0. The van der Waals surface area contributed by atoms with E-state index < -0.39 is 10.0 Å². The minimum atomic E-state index is -3.52. The van der Waals surface area contributed by atoms with E-state index in [9.17, 15) is 8.42 Å². The number of hydrogen-bond donors (Lipinski definition) is 2. The predicted molar refractivity (Wildman–Crippen MR) is 70.5 cm³/mol. The molecular weight excluding hydrogens is 252 g/mol. The fraction of sp³-hybridized carbons (Fsp3) is 0.545. The second-order valence-corrected chi connectivity index (χ2v) is 5.72. The van der Waals surface area contributed by atoms with Gasteiger partial charge in [0.05, 0.1) is 0 Å². The minimum Gasteiger partial charge on any atom is -0.326 e. The standard InChI is InChI=1S/C11H20N4O2S/c1-3-15(2)7-6-14-18(16,17)11-5-4-10(8-12)9-13-11/h4-5,9,14H,3,6-8,12H2,1-2H3. The van der Waals surface area contributed by atoms with Crippen molar-refractivity contribution in [2.45, 2.75) is 18.5 Å². The van der Waals surface area contributed by atoms with Crippen LogP contribution >= 0.6 is 0 Å². The van der Waals surface area contributed by atoms with Gasteiger partial charge in [-0.1, -0.05) is 13.0 Å². The van der Waals surface area contributed by atoms with Crippen molar-refractivity contribution >= 4 is 10.0 Å². The summed E-state index contributed by atoms with van der Waals surface area (Å²) in [4.78, 5) is 5.92. The topological polar surface area (TPSA) is 88.3 Å². The third-order valence-corrected chi connectivity index (χ3v) is 4.01. The van der Waals surface area contributed by atoms with E-state index in [2.05, 4.69) is 9.71 Å². The lowest BCUT2D eigenvalue weighted by atomic mass is 10.3. The number of aromatic nitrogens is 1. The lowest BCUT2D eigenvalue weighted by Crippen LogP contribution is -2.33. The monoisotopic (exact) mass is 272 g/mol. The highest BCUT2D eigenvalue weighted by molar-refractivity contribution is 7.89. The lowest BCUT2D eigenvalue weighted by molar-refractivity contribution is 0.358. The molecule has 0 aliphatic heterocycles. The number of sulfonamides is 1. The summed E-state index contributed by atoms with van der Waals surface area (Å²) in [6.45, 7) is 4.28. The summed E-state index contributed by atoms with van der Waals surface area (Å²) in [5, 5.41) is 0.0267. The van der Waals surface area contributed by atoms with Gasteiger partial charge < -0.3 is 10.6 Å². The molecule has 0 bridgehead atoms. The fourth-order valence-corrected chi connectivity index (χ4v) is 2.24. The van der Waals surface area contributed by atoms with Gasteiger partial charge in [-0.05, 0) is 25.2 Å². The summed E-state index contributed by atoms with van der Waals surface area (Å²) < 4.78 is 26.3. The van der Waals surface area contributed by atoms with Crippen LogP contribution < -0.4 is 10.5 Å². The average molecular weight is 272 g/mol. The highest BCUT2D eigenvalue weighted by Gasteiger charge is 2.14. The van der Waals surface area contributed by atoms with E-state index in [0.717, 1.165) is 12.1 Å². The fourth-order valence-electron chi connectivity index (χ4n) is 1.29. The van der Waals surface area contributed by atoms with Crippen LogP contribution in [0.15, 0.2) is 23.4 Å². The zero-order valence-corrected chi connectivity index (χ0v) is 11.6. The van der Waals surface area contributed by atoms with Crippen molar-refractivity contribution in [1.29, 1.82) is 0 Å². The van der Waals surface area contributed by atoms with Gasteiger partial charge in [0.25, 0.3) is 10.0 Å². The summed E-state index contributed by atoms with van der Waals surface area (Å²) >= 11 is 0. The van der Waals surface area contributed by atoms with E-state index in [-0.39, 0.29) is 5.03 Å². The second-order valence-electron chi connectivity index (χ2n) is 4.00. The van der Waals surface area contributed by atoms with Crippen LogP contribution in [0.4, 0.5) is 0 Å². The normalized spacial score (nSPS) is 12.0. The van der Waals surface area contributed by atoms with Gasteiger partial charge in [-0.2, -0.15) is 0 Å². The molecule has 7 heteroatoms. The predicted octanol–water partition coefficient (Wildman–Crippen LogP) is -0.230. The van der Waals surface area contributed by atoms with Crippen molar-refractivity contribution in [3.05, 3.63) is 23.9 Å². The Morgan fingerprint density at radius 2 is 2.17 bits per heavy atom. The van der Waals surface area contributed by atoms with Crippen LogP contribution in [0.2, 0.25) is 0 Å². The highest BCUT2D eigenvalue weighted by atomic mass is 32.2. The number of rotatable bonds is 7. The van der Waals surface area contributed by atoms with Crippen molar-refractivity contribution in [3.63, 3.8) is 0 Å². The smallest absolute Gasteiger partial charge is 0.258 e. The van der Waals surface area contributed by atoms with E-state index in [4.69, 9.17) is 5.73 Å². The first-order chi connectivity index (χ1) is 8.49. The van der Waals surface area contributed by atoms with E-state index in [1.54, 1.807) is 6.07 Å². The number of pyridine rings is 1. The van der Waals surface area contributed by atoms with Crippen molar-refractivity contribution < 1.29 is 8.42 Å². The Hall–Kier alpha value is -1.02. The SMILES string of the molecule is CCN(C)CCNS(=O)(=O)c1ccc(CN)cn1. The quantitative estimate of drug-likeness (QED) is 0.716. The Morgan fingerprint density at radius 1 is 1.44 bits per heavy atom. The number of likely N-dealkylation sites (N-methyl/N-ethyl adjacent to an activating group) is 1. The van der Waals surface area contributed by atoms with E-state index in [0.29, 0.717) is 19.6 Å².